The standard InChI is InChI=1S/C26H29N5OS/c1-18-8-4-5-9-20(18)17-30-11-7-12-31(14-13-30)26(32)21-16-22(23-10-6-15-33-23)27-25-24(21)19(2)28-29(25)3/h4-6,8-10,15-16H,7,11-14,17H2,1-3H3. The minimum absolute atomic E-state index is 0.0778. The van der Waals surface area contributed by atoms with Crippen LogP contribution < -0.4 is 0 Å². The van der Waals surface area contributed by atoms with Gasteiger partial charge in [0.15, 0.2) is 5.65 Å². The average Bonchev–Trinajstić information content (AvgIpc) is 3.37. The first-order valence-electron chi connectivity index (χ1n) is 11.5. The second kappa shape index (κ2) is 9.08. The van der Waals surface area contributed by atoms with Gasteiger partial charge in [0.05, 0.1) is 27.2 Å². The van der Waals surface area contributed by atoms with E-state index in [2.05, 4.69) is 41.2 Å². The fourth-order valence-electron chi connectivity index (χ4n) is 4.69. The van der Waals surface area contributed by atoms with Crippen molar-refractivity contribution in [1.29, 1.82) is 0 Å². The summed E-state index contributed by atoms with van der Waals surface area (Å²) in [4.78, 5) is 24.2. The highest BCUT2D eigenvalue weighted by Crippen LogP contribution is 2.30. The van der Waals surface area contributed by atoms with Gasteiger partial charge in [0.25, 0.3) is 5.91 Å². The molecule has 33 heavy (non-hydrogen) atoms. The lowest BCUT2D eigenvalue weighted by Gasteiger charge is -2.23. The zero-order chi connectivity index (χ0) is 22.9. The molecule has 0 N–H and O–H groups in total. The second-order valence-corrected chi connectivity index (χ2v) is 9.74. The fourth-order valence-corrected chi connectivity index (χ4v) is 5.38. The summed E-state index contributed by atoms with van der Waals surface area (Å²) in [5.74, 6) is 0.0778. The van der Waals surface area contributed by atoms with E-state index in [1.54, 1.807) is 16.0 Å². The number of hydrogen-bond acceptors (Lipinski definition) is 5. The third kappa shape index (κ3) is 4.30. The number of amides is 1. The number of aryl methyl sites for hydroxylation is 3. The van der Waals surface area contributed by atoms with Gasteiger partial charge in [-0.05, 0) is 48.9 Å². The molecule has 1 saturated heterocycles. The molecule has 1 amide bonds. The van der Waals surface area contributed by atoms with Crippen LogP contribution in [0.25, 0.3) is 21.6 Å². The predicted molar refractivity (Wildman–Crippen MR) is 134 cm³/mol. The van der Waals surface area contributed by atoms with Crippen LogP contribution in [0.15, 0.2) is 47.8 Å². The third-order valence-corrected chi connectivity index (χ3v) is 7.40. The zero-order valence-corrected chi connectivity index (χ0v) is 20.2. The third-order valence-electron chi connectivity index (χ3n) is 6.50. The molecule has 0 radical (unpaired) electrons. The molecule has 0 unspecified atom stereocenters. The highest BCUT2D eigenvalue weighted by molar-refractivity contribution is 7.13. The van der Waals surface area contributed by atoms with E-state index in [1.165, 1.54) is 11.1 Å². The number of hydrogen-bond donors (Lipinski definition) is 0. The van der Waals surface area contributed by atoms with Crippen molar-refractivity contribution in [1.82, 2.24) is 24.6 Å². The van der Waals surface area contributed by atoms with Crippen LogP contribution in [0, 0.1) is 13.8 Å². The number of benzene rings is 1. The number of nitrogens with zero attached hydrogens (tertiary/aromatic N) is 5. The number of carbonyl (C=O) groups is 1. The summed E-state index contributed by atoms with van der Waals surface area (Å²) in [6, 6.07) is 14.6. The monoisotopic (exact) mass is 459 g/mol. The Balaban J connectivity index is 1.42. The molecular formula is C26H29N5OS. The van der Waals surface area contributed by atoms with Crippen molar-refractivity contribution in [3.05, 3.63) is 70.2 Å². The maximum Gasteiger partial charge on any atom is 0.254 e. The quantitative estimate of drug-likeness (QED) is 0.445. The molecule has 1 aliphatic rings. The van der Waals surface area contributed by atoms with Crippen LogP contribution in [-0.4, -0.2) is 56.7 Å². The molecule has 5 rings (SSSR count). The van der Waals surface area contributed by atoms with Crippen molar-refractivity contribution in [3.8, 4) is 10.6 Å². The number of rotatable bonds is 4. The average molecular weight is 460 g/mol. The van der Waals surface area contributed by atoms with Gasteiger partial charge in [0.1, 0.15) is 0 Å². The number of fused-ring (bicyclic) bond motifs is 1. The van der Waals surface area contributed by atoms with Gasteiger partial charge < -0.3 is 4.90 Å². The van der Waals surface area contributed by atoms with Crippen LogP contribution in [0.1, 0.15) is 33.6 Å². The van der Waals surface area contributed by atoms with Gasteiger partial charge in [0, 0.05) is 39.8 Å². The van der Waals surface area contributed by atoms with E-state index in [-0.39, 0.29) is 5.91 Å². The van der Waals surface area contributed by atoms with E-state index in [0.29, 0.717) is 5.56 Å². The molecule has 170 valence electrons. The van der Waals surface area contributed by atoms with Crippen LogP contribution >= 0.6 is 11.3 Å². The Morgan fingerprint density at radius 1 is 1.06 bits per heavy atom. The van der Waals surface area contributed by atoms with E-state index in [4.69, 9.17) is 4.98 Å². The van der Waals surface area contributed by atoms with Gasteiger partial charge in [-0.3, -0.25) is 14.4 Å². The predicted octanol–water partition coefficient (Wildman–Crippen LogP) is 4.66. The van der Waals surface area contributed by atoms with E-state index in [1.807, 2.05) is 42.5 Å². The normalized spacial score (nSPS) is 15.2. The van der Waals surface area contributed by atoms with Gasteiger partial charge in [-0.1, -0.05) is 30.3 Å². The molecule has 0 saturated carbocycles. The first-order valence-corrected chi connectivity index (χ1v) is 12.3. The van der Waals surface area contributed by atoms with Crippen molar-refractivity contribution in [3.63, 3.8) is 0 Å². The molecule has 4 heterocycles. The van der Waals surface area contributed by atoms with E-state index in [9.17, 15) is 4.79 Å². The first-order chi connectivity index (χ1) is 16.0. The molecule has 6 nitrogen and oxygen atoms in total. The van der Waals surface area contributed by atoms with Crippen LogP contribution in [0.3, 0.4) is 0 Å². The van der Waals surface area contributed by atoms with Crippen LogP contribution in [0.2, 0.25) is 0 Å². The maximum absolute atomic E-state index is 13.8. The van der Waals surface area contributed by atoms with Crippen molar-refractivity contribution in [2.45, 2.75) is 26.8 Å². The molecule has 7 heteroatoms. The molecule has 1 fully saturated rings. The molecule has 0 atom stereocenters. The summed E-state index contributed by atoms with van der Waals surface area (Å²) >= 11 is 1.64. The Morgan fingerprint density at radius 3 is 2.70 bits per heavy atom. The van der Waals surface area contributed by atoms with Gasteiger partial charge in [-0.25, -0.2) is 4.98 Å². The zero-order valence-electron chi connectivity index (χ0n) is 19.4. The Kier molecular flexibility index (Phi) is 6.00. The molecule has 0 aliphatic carbocycles. The second-order valence-electron chi connectivity index (χ2n) is 8.79. The molecule has 0 bridgehead atoms. The Labute approximate surface area is 198 Å². The first kappa shape index (κ1) is 21.8. The van der Waals surface area contributed by atoms with Crippen LogP contribution in [0.5, 0.6) is 0 Å². The molecule has 4 aromatic rings. The summed E-state index contributed by atoms with van der Waals surface area (Å²) in [6.07, 6.45) is 0.968. The van der Waals surface area contributed by atoms with Gasteiger partial charge in [0.2, 0.25) is 0 Å². The van der Waals surface area contributed by atoms with Crippen molar-refractivity contribution >= 4 is 28.3 Å². The summed E-state index contributed by atoms with van der Waals surface area (Å²) in [6.45, 7) is 8.41. The largest absolute Gasteiger partial charge is 0.337 e. The number of aromatic nitrogens is 3. The van der Waals surface area contributed by atoms with Crippen molar-refractivity contribution in [2.75, 3.05) is 26.2 Å². The van der Waals surface area contributed by atoms with E-state index in [0.717, 1.165) is 66.4 Å². The van der Waals surface area contributed by atoms with Crippen molar-refractivity contribution in [2.24, 2.45) is 7.05 Å². The van der Waals surface area contributed by atoms with Crippen LogP contribution in [0.4, 0.5) is 0 Å². The minimum Gasteiger partial charge on any atom is -0.337 e. The minimum atomic E-state index is 0.0778. The van der Waals surface area contributed by atoms with E-state index < -0.39 is 0 Å². The molecule has 1 aliphatic heterocycles. The van der Waals surface area contributed by atoms with E-state index >= 15 is 0 Å². The lowest BCUT2D eigenvalue weighted by atomic mass is 10.1. The Bertz CT molecular complexity index is 1290. The number of carbonyl (C=O) groups excluding carboxylic acids is 1. The Hall–Kier alpha value is -3.03. The molecule has 1 aromatic carbocycles. The molecular weight excluding hydrogens is 430 g/mol. The topological polar surface area (TPSA) is 54.3 Å². The number of pyridine rings is 1. The maximum atomic E-state index is 13.8. The van der Waals surface area contributed by atoms with Crippen molar-refractivity contribution < 1.29 is 4.79 Å². The summed E-state index contributed by atoms with van der Waals surface area (Å²) in [7, 11) is 1.89. The summed E-state index contributed by atoms with van der Waals surface area (Å²) in [5, 5.41) is 7.47. The van der Waals surface area contributed by atoms with Gasteiger partial charge in [-0.2, -0.15) is 5.10 Å². The fraction of sp³-hybridized carbons (Fsp3) is 0.346. The smallest absolute Gasteiger partial charge is 0.254 e. The lowest BCUT2D eigenvalue weighted by molar-refractivity contribution is 0.0763. The highest BCUT2D eigenvalue weighted by atomic mass is 32.1. The Morgan fingerprint density at radius 2 is 1.91 bits per heavy atom. The lowest BCUT2D eigenvalue weighted by Crippen LogP contribution is -2.35. The highest BCUT2D eigenvalue weighted by Gasteiger charge is 2.25. The van der Waals surface area contributed by atoms with Gasteiger partial charge >= 0.3 is 0 Å². The molecule has 0 spiro atoms. The molecule has 3 aromatic heterocycles. The summed E-state index contributed by atoms with van der Waals surface area (Å²) < 4.78 is 1.78. The summed E-state index contributed by atoms with van der Waals surface area (Å²) in [5.41, 5.74) is 5.83. The SMILES string of the molecule is Cc1ccccc1CN1CCCN(C(=O)c2cc(-c3cccs3)nc3c2c(C)nn3C)CC1. The van der Waals surface area contributed by atoms with Crippen LogP contribution in [-0.2, 0) is 13.6 Å². The van der Waals surface area contributed by atoms with Gasteiger partial charge in [-0.15, -0.1) is 11.3 Å². The number of thiophene rings is 1.